The van der Waals surface area contributed by atoms with Crippen LogP contribution in [0.2, 0.25) is 41.3 Å². The van der Waals surface area contributed by atoms with Gasteiger partial charge >= 0.3 is 5.97 Å². The summed E-state index contributed by atoms with van der Waals surface area (Å²) in [6.45, 7) is 22.0. The molecule has 5 rings (SSSR count). The molecule has 0 aliphatic carbocycles. The predicted octanol–water partition coefficient (Wildman–Crippen LogP) is 11.4. The minimum atomic E-state index is -2.49. The van der Waals surface area contributed by atoms with Gasteiger partial charge in [0.1, 0.15) is 29.4 Å². The van der Waals surface area contributed by atoms with Crippen molar-refractivity contribution in [3.05, 3.63) is 106 Å². The zero-order chi connectivity index (χ0) is 41.9. The molecule has 1 amide bonds. The van der Waals surface area contributed by atoms with E-state index in [4.69, 9.17) is 39.4 Å². The Morgan fingerprint density at radius 3 is 1.88 bits per heavy atom. The van der Waals surface area contributed by atoms with E-state index in [0.29, 0.717) is 53.2 Å². The van der Waals surface area contributed by atoms with Gasteiger partial charge in [-0.2, -0.15) is 0 Å². The highest BCUT2D eigenvalue weighted by molar-refractivity contribution is 6.75. The number of benzene rings is 4. The van der Waals surface area contributed by atoms with E-state index in [0.717, 1.165) is 11.1 Å². The molecular weight excluding hydrogens is 774 g/mol. The van der Waals surface area contributed by atoms with E-state index in [9.17, 15) is 9.59 Å². The van der Waals surface area contributed by atoms with Crippen molar-refractivity contribution >= 4 is 45.8 Å². The standard InChI is InChI=1S/C45H58ClNO8Si2/c1-44(2,3)56(9,10)54-38-27-39(55-57(11,12)45(4,5)6)41(46)32(40(38)43(49)51-8)23-24-34-42(48)47(28-30-19-15-13-16-20-30)33-25-37(36(50-7)26-35(33)53-34)52-29-31-21-17-14-18-22-31/h13-22,25-27,34H,23-24,28-29H2,1-12H3/t34-/m1/s1. The fraction of sp³-hybridized carbons (Fsp3) is 0.422. The summed E-state index contributed by atoms with van der Waals surface area (Å²) in [5, 5.41) is -0.0234. The first-order valence-electron chi connectivity index (χ1n) is 19.4. The van der Waals surface area contributed by atoms with Gasteiger partial charge in [-0.25, -0.2) is 4.79 Å². The molecule has 4 aromatic rings. The Balaban J connectivity index is 1.58. The van der Waals surface area contributed by atoms with Gasteiger partial charge in [-0.1, -0.05) is 114 Å². The van der Waals surface area contributed by atoms with Crippen molar-refractivity contribution in [3.63, 3.8) is 0 Å². The number of fused-ring (bicyclic) bond motifs is 1. The third kappa shape index (κ3) is 9.81. The number of carbonyl (C=O) groups is 2. The fourth-order valence-corrected chi connectivity index (χ4v) is 8.34. The molecule has 0 aromatic heterocycles. The molecular formula is C45H58ClNO8Si2. The monoisotopic (exact) mass is 831 g/mol. The van der Waals surface area contributed by atoms with Crippen molar-refractivity contribution < 1.29 is 37.4 Å². The first kappa shape index (κ1) is 43.7. The molecule has 0 spiro atoms. The van der Waals surface area contributed by atoms with Gasteiger partial charge < -0.3 is 32.7 Å². The van der Waals surface area contributed by atoms with E-state index >= 15 is 0 Å². The average Bonchev–Trinajstić information content (AvgIpc) is 3.15. The maximum atomic E-state index is 14.6. The molecule has 0 fully saturated rings. The molecule has 1 heterocycles. The van der Waals surface area contributed by atoms with Crippen LogP contribution < -0.4 is 28.0 Å². The van der Waals surface area contributed by atoms with E-state index in [2.05, 4.69) is 67.7 Å². The van der Waals surface area contributed by atoms with Crippen LogP contribution in [-0.4, -0.2) is 48.8 Å². The second kappa shape index (κ2) is 17.2. The number of hydrogen-bond acceptors (Lipinski definition) is 8. The summed E-state index contributed by atoms with van der Waals surface area (Å²) in [6.07, 6.45) is -0.560. The summed E-state index contributed by atoms with van der Waals surface area (Å²) in [4.78, 5) is 30.1. The second-order valence-electron chi connectivity index (χ2n) is 17.6. The fourth-order valence-electron chi connectivity index (χ4n) is 5.96. The summed E-state index contributed by atoms with van der Waals surface area (Å²) < 4.78 is 37.6. The molecule has 0 saturated carbocycles. The highest BCUT2D eigenvalue weighted by Crippen LogP contribution is 2.48. The summed E-state index contributed by atoms with van der Waals surface area (Å²) in [7, 11) is -1.99. The van der Waals surface area contributed by atoms with Crippen molar-refractivity contribution in [1.29, 1.82) is 0 Å². The lowest BCUT2D eigenvalue weighted by atomic mass is 9.98. The lowest BCUT2D eigenvalue weighted by Gasteiger charge is -2.39. The number of carbonyl (C=O) groups excluding carboxylic acids is 2. The Hall–Kier alpha value is -4.46. The first-order valence-corrected chi connectivity index (χ1v) is 25.6. The number of halogens is 1. The number of nitrogens with zero attached hydrogens (tertiary/aromatic N) is 1. The van der Waals surface area contributed by atoms with E-state index < -0.39 is 28.7 Å². The van der Waals surface area contributed by atoms with Crippen molar-refractivity contribution in [2.75, 3.05) is 19.1 Å². The van der Waals surface area contributed by atoms with Crippen LogP contribution in [0, 0.1) is 0 Å². The quantitative estimate of drug-likeness (QED) is 0.0916. The average molecular weight is 833 g/mol. The van der Waals surface area contributed by atoms with Crippen LogP contribution in [0.25, 0.3) is 0 Å². The normalized spacial score (nSPS) is 14.7. The van der Waals surface area contributed by atoms with Crippen LogP contribution in [0.1, 0.15) is 75.0 Å². The molecule has 1 aliphatic heterocycles. The second-order valence-corrected chi connectivity index (χ2v) is 27.4. The van der Waals surface area contributed by atoms with Crippen molar-refractivity contribution in [2.24, 2.45) is 0 Å². The van der Waals surface area contributed by atoms with Crippen LogP contribution >= 0.6 is 11.6 Å². The van der Waals surface area contributed by atoms with E-state index in [1.807, 2.05) is 60.7 Å². The van der Waals surface area contributed by atoms with Gasteiger partial charge in [0.05, 0.1) is 31.5 Å². The van der Waals surface area contributed by atoms with Crippen molar-refractivity contribution in [2.45, 2.75) is 110 Å². The molecule has 0 unspecified atom stereocenters. The highest BCUT2D eigenvalue weighted by atomic mass is 35.5. The third-order valence-corrected chi connectivity index (χ3v) is 20.5. The molecule has 0 radical (unpaired) electrons. The van der Waals surface area contributed by atoms with Crippen molar-refractivity contribution in [1.82, 2.24) is 0 Å². The summed E-state index contributed by atoms with van der Waals surface area (Å²) in [5.41, 5.74) is 3.20. The smallest absolute Gasteiger partial charge is 0.341 e. The van der Waals surface area contributed by atoms with Crippen LogP contribution in [-0.2, 0) is 29.1 Å². The number of rotatable bonds is 14. The zero-order valence-corrected chi connectivity index (χ0v) is 38.3. The number of amides is 1. The minimum Gasteiger partial charge on any atom is -0.543 e. The number of anilines is 1. The molecule has 9 nitrogen and oxygen atoms in total. The molecule has 1 atom stereocenters. The summed E-state index contributed by atoms with van der Waals surface area (Å²) in [5.74, 6) is 1.40. The van der Waals surface area contributed by atoms with Gasteiger partial charge in [-0.3, -0.25) is 4.79 Å². The maximum absolute atomic E-state index is 14.6. The Labute approximate surface area is 345 Å². The topological polar surface area (TPSA) is 92.8 Å². The van der Waals surface area contributed by atoms with Gasteiger partial charge in [-0.15, -0.1) is 0 Å². The largest absolute Gasteiger partial charge is 0.543 e. The number of methoxy groups -OCH3 is 2. The molecule has 4 aromatic carbocycles. The lowest BCUT2D eigenvalue weighted by Crippen LogP contribution is -2.46. The molecule has 1 aliphatic rings. The first-order chi connectivity index (χ1) is 26.7. The Morgan fingerprint density at radius 1 is 0.772 bits per heavy atom. The molecule has 0 saturated heterocycles. The maximum Gasteiger partial charge on any atom is 0.341 e. The minimum absolute atomic E-state index is 0.135. The Kier molecular flexibility index (Phi) is 13.2. The Morgan fingerprint density at radius 2 is 1.33 bits per heavy atom. The summed E-state index contributed by atoms with van der Waals surface area (Å²) >= 11 is 7.28. The van der Waals surface area contributed by atoms with E-state index in [1.54, 1.807) is 30.2 Å². The van der Waals surface area contributed by atoms with Crippen LogP contribution in [0.5, 0.6) is 28.7 Å². The van der Waals surface area contributed by atoms with Gasteiger partial charge in [0, 0.05) is 18.2 Å². The molecule has 0 bridgehead atoms. The molecule has 306 valence electrons. The summed E-state index contributed by atoms with van der Waals surface area (Å²) in [6, 6.07) is 24.9. The third-order valence-electron chi connectivity index (χ3n) is 11.4. The zero-order valence-electron chi connectivity index (χ0n) is 35.5. The van der Waals surface area contributed by atoms with Crippen molar-refractivity contribution in [3.8, 4) is 28.7 Å². The van der Waals surface area contributed by atoms with Gasteiger partial charge in [0.25, 0.3) is 22.5 Å². The molecule has 12 heteroatoms. The number of ether oxygens (including phenoxy) is 4. The Bertz CT molecular complexity index is 2060. The van der Waals surface area contributed by atoms with Crippen LogP contribution in [0.3, 0.4) is 0 Å². The highest BCUT2D eigenvalue weighted by Gasteiger charge is 2.43. The van der Waals surface area contributed by atoms with Crippen LogP contribution in [0.4, 0.5) is 5.69 Å². The molecule has 0 N–H and O–H groups in total. The lowest BCUT2D eigenvalue weighted by molar-refractivity contribution is -0.126. The predicted molar refractivity (Wildman–Crippen MR) is 233 cm³/mol. The van der Waals surface area contributed by atoms with E-state index in [-0.39, 0.29) is 39.4 Å². The number of esters is 1. The van der Waals surface area contributed by atoms with Gasteiger partial charge in [0.15, 0.2) is 17.6 Å². The van der Waals surface area contributed by atoms with E-state index in [1.165, 1.54) is 7.11 Å². The molecule has 57 heavy (non-hydrogen) atoms. The number of hydrogen-bond donors (Lipinski definition) is 0. The van der Waals surface area contributed by atoms with Gasteiger partial charge in [0.2, 0.25) is 0 Å². The SMILES string of the molecule is COC(=O)c1c(O[Si](C)(C)C(C)(C)C)cc(O[Si](C)(C)C(C)(C)C)c(Cl)c1CC[C@H]1Oc2cc(OC)c(OCc3ccccc3)cc2N(Cc2ccccc2)C1=O. The van der Waals surface area contributed by atoms with Crippen LogP contribution in [0.15, 0.2) is 78.9 Å². The van der Waals surface area contributed by atoms with Gasteiger partial charge in [-0.05, 0) is 65.8 Å².